The van der Waals surface area contributed by atoms with Crippen molar-refractivity contribution < 1.29 is 13.9 Å². The molecule has 1 saturated heterocycles. The third-order valence-corrected chi connectivity index (χ3v) is 6.31. The zero-order chi connectivity index (χ0) is 20.9. The van der Waals surface area contributed by atoms with Crippen LogP contribution >= 0.6 is 22.9 Å². The molecule has 0 bridgehead atoms. The molecule has 30 heavy (non-hydrogen) atoms. The molecule has 1 fully saturated rings. The van der Waals surface area contributed by atoms with Gasteiger partial charge in [-0.15, -0.1) is 11.3 Å². The van der Waals surface area contributed by atoms with Crippen molar-refractivity contribution in [3.63, 3.8) is 0 Å². The van der Waals surface area contributed by atoms with Crippen molar-refractivity contribution in [1.29, 1.82) is 0 Å². The molecule has 1 amide bonds. The Bertz CT molecular complexity index is 1000. The number of carbonyl (C=O) groups excluding carboxylic acids is 1. The van der Waals surface area contributed by atoms with Crippen LogP contribution in [0.3, 0.4) is 0 Å². The molecular weight excluding hydrogens is 423 g/mol. The minimum Gasteiger partial charge on any atom is -0.489 e. The maximum absolute atomic E-state index is 13.9. The SMILES string of the molecule is O=C(c1cc(COc2ccc(Cl)cc2)cs1)N1CCN(Cc2ccccc2F)CC1. The Labute approximate surface area is 184 Å². The van der Waals surface area contributed by atoms with Gasteiger partial charge in [-0.05, 0) is 41.8 Å². The fourth-order valence-corrected chi connectivity index (χ4v) is 4.38. The zero-order valence-electron chi connectivity index (χ0n) is 16.4. The Kier molecular flexibility index (Phi) is 6.67. The second kappa shape index (κ2) is 9.60. The van der Waals surface area contributed by atoms with Crippen molar-refractivity contribution in [1.82, 2.24) is 9.80 Å². The average Bonchev–Trinajstić information content (AvgIpc) is 3.24. The highest BCUT2D eigenvalue weighted by molar-refractivity contribution is 7.12. The highest BCUT2D eigenvalue weighted by atomic mass is 35.5. The van der Waals surface area contributed by atoms with E-state index in [2.05, 4.69) is 4.90 Å². The van der Waals surface area contributed by atoms with E-state index in [1.54, 1.807) is 18.2 Å². The van der Waals surface area contributed by atoms with Crippen molar-refractivity contribution in [2.45, 2.75) is 13.2 Å². The molecule has 1 aliphatic rings. The van der Waals surface area contributed by atoms with Gasteiger partial charge in [-0.2, -0.15) is 0 Å². The normalized spacial score (nSPS) is 14.7. The van der Waals surface area contributed by atoms with Crippen LogP contribution < -0.4 is 4.74 Å². The molecule has 0 radical (unpaired) electrons. The smallest absolute Gasteiger partial charge is 0.264 e. The van der Waals surface area contributed by atoms with E-state index in [1.165, 1.54) is 17.4 Å². The topological polar surface area (TPSA) is 32.8 Å². The van der Waals surface area contributed by atoms with E-state index in [1.807, 2.05) is 40.6 Å². The number of halogens is 2. The van der Waals surface area contributed by atoms with E-state index in [4.69, 9.17) is 16.3 Å². The van der Waals surface area contributed by atoms with Gasteiger partial charge in [-0.1, -0.05) is 29.8 Å². The zero-order valence-corrected chi connectivity index (χ0v) is 18.0. The van der Waals surface area contributed by atoms with Crippen molar-refractivity contribution in [2.24, 2.45) is 0 Å². The quantitative estimate of drug-likeness (QED) is 0.531. The van der Waals surface area contributed by atoms with Crippen LogP contribution in [0.1, 0.15) is 20.8 Å². The van der Waals surface area contributed by atoms with E-state index in [9.17, 15) is 9.18 Å². The number of thiophene rings is 1. The standard InChI is InChI=1S/C23H22ClFN2O2S/c24-19-5-7-20(8-6-19)29-15-17-13-22(30-16-17)23(28)27-11-9-26(10-12-27)14-18-3-1-2-4-21(18)25/h1-8,13,16H,9-12,14-15H2. The molecule has 0 aliphatic carbocycles. The summed E-state index contributed by atoms with van der Waals surface area (Å²) in [6.07, 6.45) is 0. The Balaban J connectivity index is 1.28. The summed E-state index contributed by atoms with van der Waals surface area (Å²) < 4.78 is 19.6. The van der Waals surface area contributed by atoms with Gasteiger partial charge < -0.3 is 9.64 Å². The number of amides is 1. The number of piperazine rings is 1. The van der Waals surface area contributed by atoms with Crippen LogP contribution in [-0.4, -0.2) is 41.9 Å². The second-order valence-corrected chi connectivity index (χ2v) is 8.57. The summed E-state index contributed by atoms with van der Waals surface area (Å²) in [5.74, 6) is 0.607. The second-order valence-electron chi connectivity index (χ2n) is 7.22. The largest absolute Gasteiger partial charge is 0.489 e. The molecule has 2 heterocycles. The molecular formula is C23H22ClFN2O2S. The highest BCUT2D eigenvalue weighted by Gasteiger charge is 2.23. The summed E-state index contributed by atoms with van der Waals surface area (Å²) >= 11 is 7.32. The maximum Gasteiger partial charge on any atom is 0.264 e. The van der Waals surface area contributed by atoms with Crippen molar-refractivity contribution in [3.05, 3.63) is 86.8 Å². The minimum absolute atomic E-state index is 0.0447. The average molecular weight is 445 g/mol. The number of rotatable bonds is 6. The van der Waals surface area contributed by atoms with Gasteiger partial charge in [0.1, 0.15) is 18.2 Å². The van der Waals surface area contributed by atoms with E-state index in [0.29, 0.717) is 41.7 Å². The van der Waals surface area contributed by atoms with Crippen LogP contribution in [0.25, 0.3) is 0 Å². The third kappa shape index (κ3) is 5.19. The van der Waals surface area contributed by atoms with Crippen LogP contribution in [0.15, 0.2) is 60.0 Å². The number of hydrogen-bond donors (Lipinski definition) is 0. The van der Waals surface area contributed by atoms with Crippen molar-refractivity contribution in [3.8, 4) is 5.75 Å². The van der Waals surface area contributed by atoms with Gasteiger partial charge in [0.2, 0.25) is 0 Å². The molecule has 3 aromatic rings. The first-order valence-electron chi connectivity index (χ1n) is 9.79. The Morgan fingerprint density at radius 1 is 1.07 bits per heavy atom. The van der Waals surface area contributed by atoms with Gasteiger partial charge >= 0.3 is 0 Å². The monoisotopic (exact) mass is 444 g/mol. The molecule has 0 N–H and O–H groups in total. The summed E-state index contributed by atoms with van der Waals surface area (Å²) in [6.45, 7) is 3.72. The summed E-state index contributed by atoms with van der Waals surface area (Å²) in [5, 5.41) is 2.62. The summed E-state index contributed by atoms with van der Waals surface area (Å²) in [6, 6.07) is 16.0. The van der Waals surface area contributed by atoms with Gasteiger partial charge in [0, 0.05) is 48.9 Å². The molecule has 1 aliphatic heterocycles. The molecule has 2 aromatic carbocycles. The highest BCUT2D eigenvalue weighted by Crippen LogP contribution is 2.21. The fourth-order valence-electron chi connectivity index (χ4n) is 3.39. The van der Waals surface area contributed by atoms with Gasteiger partial charge in [0.25, 0.3) is 5.91 Å². The Morgan fingerprint density at radius 3 is 2.53 bits per heavy atom. The van der Waals surface area contributed by atoms with Gasteiger partial charge in [0.15, 0.2) is 0 Å². The lowest BCUT2D eigenvalue weighted by Crippen LogP contribution is -2.48. The first kappa shape index (κ1) is 20.8. The van der Waals surface area contributed by atoms with Crippen LogP contribution in [0.5, 0.6) is 5.75 Å². The van der Waals surface area contributed by atoms with Crippen LogP contribution in [-0.2, 0) is 13.2 Å². The molecule has 1 aromatic heterocycles. The Hall–Kier alpha value is -2.41. The summed E-state index contributed by atoms with van der Waals surface area (Å²) in [5.41, 5.74) is 1.66. The van der Waals surface area contributed by atoms with Crippen molar-refractivity contribution in [2.75, 3.05) is 26.2 Å². The van der Waals surface area contributed by atoms with E-state index < -0.39 is 0 Å². The molecule has 7 heteroatoms. The molecule has 0 spiro atoms. The minimum atomic E-state index is -0.178. The predicted molar refractivity (Wildman–Crippen MR) is 118 cm³/mol. The fraction of sp³-hybridized carbons (Fsp3) is 0.261. The first-order chi connectivity index (χ1) is 14.6. The number of benzene rings is 2. The summed E-state index contributed by atoms with van der Waals surface area (Å²) in [7, 11) is 0. The van der Waals surface area contributed by atoms with E-state index in [0.717, 1.165) is 24.4 Å². The third-order valence-electron chi connectivity index (χ3n) is 5.09. The summed E-state index contributed by atoms with van der Waals surface area (Å²) in [4.78, 5) is 17.6. The Morgan fingerprint density at radius 2 is 1.80 bits per heavy atom. The molecule has 0 atom stereocenters. The van der Waals surface area contributed by atoms with Crippen LogP contribution in [0.4, 0.5) is 4.39 Å². The molecule has 0 unspecified atom stereocenters. The lowest BCUT2D eigenvalue weighted by atomic mass is 10.2. The predicted octanol–water partition coefficient (Wildman–Crippen LogP) is 5.08. The van der Waals surface area contributed by atoms with Gasteiger partial charge in [0.05, 0.1) is 4.88 Å². The molecule has 0 saturated carbocycles. The van der Waals surface area contributed by atoms with Gasteiger partial charge in [-0.3, -0.25) is 9.69 Å². The van der Waals surface area contributed by atoms with E-state index in [-0.39, 0.29) is 11.7 Å². The van der Waals surface area contributed by atoms with Crippen LogP contribution in [0, 0.1) is 5.82 Å². The van der Waals surface area contributed by atoms with Crippen LogP contribution in [0.2, 0.25) is 5.02 Å². The number of ether oxygens (including phenoxy) is 1. The lowest BCUT2D eigenvalue weighted by Gasteiger charge is -2.34. The number of carbonyl (C=O) groups is 1. The first-order valence-corrected chi connectivity index (χ1v) is 11.0. The number of nitrogens with zero attached hydrogens (tertiary/aromatic N) is 2. The van der Waals surface area contributed by atoms with Gasteiger partial charge in [-0.25, -0.2) is 4.39 Å². The molecule has 4 nitrogen and oxygen atoms in total. The maximum atomic E-state index is 13.9. The number of hydrogen-bond acceptors (Lipinski definition) is 4. The molecule has 4 rings (SSSR count). The van der Waals surface area contributed by atoms with Crippen molar-refractivity contribution >= 4 is 28.8 Å². The lowest BCUT2D eigenvalue weighted by molar-refractivity contribution is 0.0631. The molecule has 156 valence electrons. The van der Waals surface area contributed by atoms with E-state index >= 15 is 0 Å².